The molecule has 0 bridgehead atoms. The van der Waals surface area contributed by atoms with Crippen LogP contribution in [-0.4, -0.2) is 47.2 Å². The van der Waals surface area contributed by atoms with Crippen LogP contribution < -0.4 is 22.1 Å². The maximum absolute atomic E-state index is 12.2. The summed E-state index contributed by atoms with van der Waals surface area (Å²) in [6, 6.07) is -0.947. The second-order valence-corrected chi connectivity index (χ2v) is 7.53. The minimum atomic E-state index is -1.06. The van der Waals surface area contributed by atoms with Gasteiger partial charge in [0.25, 0.3) is 5.97 Å². The molecule has 9 nitrogen and oxygen atoms in total. The van der Waals surface area contributed by atoms with Gasteiger partial charge in [-0.05, 0) is 63.3 Å². The average Bonchev–Trinajstić information content (AvgIpc) is 2.56. The monoisotopic (exact) mass is 594 g/mol. The number of amides is 2. The summed E-state index contributed by atoms with van der Waals surface area (Å²) in [7, 11) is 0. The molecule has 0 spiro atoms. The maximum Gasteiger partial charge on any atom is 0.315 e. The zero-order chi connectivity index (χ0) is 19.1. The molecule has 0 saturated heterocycles. The number of urea groups is 1. The third-order valence-electron chi connectivity index (χ3n) is 5.36. The van der Waals surface area contributed by atoms with Crippen LogP contribution in [0.15, 0.2) is 4.99 Å². The molecule has 2 saturated carbocycles. The first kappa shape index (κ1) is 24.4. The van der Waals surface area contributed by atoms with Gasteiger partial charge in [0.15, 0.2) is 5.96 Å². The van der Waals surface area contributed by atoms with Crippen molar-refractivity contribution in [2.24, 2.45) is 22.4 Å². The summed E-state index contributed by atoms with van der Waals surface area (Å²) in [5.74, 6) is -0.709. The largest absolute Gasteiger partial charge is 0.665 e. The fourth-order valence-corrected chi connectivity index (χ4v) is 4.01. The van der Waals surface area contributed by atoms with E-state index in [1.807, 2.05) is 0 Å². The van der Waals surface area contributed by atoms with E-state index < -0.39 is 12.0 Å². The first-order valence-electron chi connectivity index (χ1n) is 9.43. The molecule has 2 aliphatic carbocycles. The van der Waals surface area contributed by atoms with Crippen molar-refractivity contribution in [1.29, 1.82) is 0 Å². The number of aliphatic carboxylic acids is 1. The predicted molar refractivity (Wildman–Crippen MR) is 99.6 cm³/mol. The first-order valence-corrected chi connectivity index (χ1v) is 9.43. The van der Waals surface area contributed by atoms with Crippen molar-refractivity contribution >= 4 is 18.0 Å². The van der Waals surface area contributed by atoms with Crippen molar-refractivity contribution < 1.29 is 58.8 Å². The van der Waals surface area contributed by atoms with E-state index in [1.165, 1.54) is 0 Å². The van der Waals surface area contributed by atoms with Crippen molar-refractivity contribution in [3.63, 3.8) is 0 Å². The molecule has 151 valence electrons. The number of carboxylic acid groups (broad SMARTS) is 1. The van der Waals surface area contributed by atoms with Gasteiger partial charge in [-0.1, -0.05) is 6.42 Å². The second-order valence-electron chi connectivity index (χ2n) is 7.53. The number of hydrogen-bond acceptors (Lipinski definition) is 3. The number of hydrogen-bond donors (Lipinski definition) is 5. The quantitative estimate of drug-likeness (QED) is 0.231. The van der Waals surface area contributed by atoms with Crippen molar-refractivity contribution in [1.82, 2.24) is 10.6 Å². The summed E-state index contributed by atoms with van der Waals surface area (Å²) in [4.78, 5) is 27.2. The van der Waals surface area contributed by atoms with Gasteiger partial charge >= 0.3 is 6.03 Å². The van der Waals surface area contributed by atoms with Crippen LogP contribution >= 0.6 is 0 Å². The van der Waals surface area contributed by atoms with Crippen LogP contribution in [0.3, 0.4) is 0 Å². The number of aliphatic imine (C=N–C) groups is 1. The minimum absolute atomic E-state index is 0. The van der Waals surface area contributed by atoms with E-state index in [2.05, 4.69) is 15.6 Å². The van der Waals surface area contributed by atoms with Crippen molar-refractivity contribution in [3.05, 3.63) is 5.73 Å². The molecular weight excluding hydrogens is 563 g/mol. The van der Waals surface area contributed by atoms with E-state index in [-0.39, 0.29) is 80.1 Å². The second kappa shape index (κ2) is 12.1. The van der Waals surface area contributed by atoms with Gasteiger partial charge in [0.05, 0.1) is 6.04 Å². The van der Waals surface area contributed by atoms with E-state index in [0.29, 0.717) is 6.42 Å². The molecule has 3 unspecified atom stereocenters. The Labute approximate surface area is 196 Å². The topological polar surface area (TPSA) is 167 Å². The fraction of sp³-hybridized carbons (Fsp3) is 0.824. The molecule has 2 aliphatic rings. The molecule has 2 rings (SSSR count). The fourth-order valence-electron chi connectivity index (χ4n) is 4.01. The Kier molecular flexibility index (Phi) is 10.9. The smallest absolute Gasteiger partial charge is 0.315 e. The molecule has 0 aromatic rings. The van der Waals surface area contributed by atoms with Crippen molar-refractivity contribution in [2.45, 2.75) is 82.0 Å². The van der Waals surface area contributed by atoms with Crippen LogP contribution in [0, 0.1) is 50.0 Å². The Morgan fingerprint density at radius 1 is 1.07 bits per heavy atom. The number of carbonyl (C=O) groups excluding carboxylic acids is 1. The summed E-state index contributed by atoms with van der Waals surface area (Å²) in [6.07, 6.45) is 7.34. The van der Waals surface area contributed by atoms with E-state index in [1.54, 1.807) is 0 Å². The predicted octanol–water partition coefficient (Wildman–Crippen LogP) is 1.32. The maximum atomic E-state index is 12.2. The van der Waals surface area contributed by atoms with Gasteiger partial charge < -0.3 is 32.9 Å². The number of rotatable bonds is 6. The molecule has 10 heteroatoms. The zero-order valence-electron chi connectivity index (χ0n) is 15.7. The summed E-state index contributed by atoms with van der Waals surface area (Å²) in [5.41, 5.74) is 18.4. The molecule has 8 N–H and O–H groups in total. The van der Waals surface area contributed by atoms with E-state index in [4.69, 9.17) is 22.3 Å². The zero-order valence-corrected chi connectivity index (χ0v) is 20.4. The summed E-state index contributed by atoms with van der Waals surface area (Å²) < 4.78 is 0. The third kappa shape index (κ3) is 8.97. The normalized spacial score (nSPS) is 28.9. The van der Waals surface area contributed by atoms with E-state index in [9.17, 15) is 9.59 Å². The number of nitrogens with two attached hydrogens (primary N) is 2. The van der Waals surface area contributed by atoms with Gasteiger partial charge in [-0.2, -0.15) is 0 Å². The number of nitrogens with one attached hydrogen (secondary N) is 3. The standard InChI is InChI=1S/C17H31N6O3.Ac/c18-14(15(24)25)8-10-4-6-11(7-5-10)22-17(26)23-13-3-1-2-12(9-13)21-16(19)20;/h10-14,18H,1-9H2,(H,24,25)(H4,19,20,21)(H2,22,23,26);/q-1;. The van der Waals surface area contributed by atoms with E-state index in [0.717, 1.165) is 51.4 Å². The third-order valence-corrected chi connectivity index (χ3v) is 5.36. The summed E-state index contributed by atoms with van der Waals surface area (Å²) in [6.45, 7) is 0. The van der Waals surface area contributed by atoms with Crippen LogP contribution in [0.25, 0.3) is 5.73 Å². The molecule has 0 aromatic heterocycles. The molecular formula is C17H31AcN6O3-. The molecule has 2 fully saturated rings. The molecule has 3 atom stereocenters. The van der Waals surface area contributed by atoms with Crippen LogP contribution in [0.2, 0.25) is 0 Å². The Morgan fingerprint density at radius 2 is 1.70 bits per heavy atom. The summed E-state index contributed by atoms with van der Waals surface area (Å²) >= 11 is 0. The Hall–Kier alpha value is -0.588. The average molecular weight is 594 g/mol. The Morgan fingerprint density at radius 3 is 2.30 bits per heavy atom. The van der Waals surface area contributed by atoms with Gasteiger partial charge in [0, 0.05) is 56.1 Å². The number of guanidine groups is 1. The summed E-state index contributed by atoms with van der Waals surface area (Å²) in [5, 5.41) is 14.9. The van der Waals surface area contributed by atoms with E-state index >= 15 is 0 Å². The molecule has 0 heterocycles. The van der Waals surface area contributed by atoms with Crippen molar-refractivity contribution in [3.8, 4) is 0 Å². The number of nitrogens with zero attached hydrogens (tertiary/aromatic N) is 1. The van der Waals surface area contributed by atoms with Crippen LogP contribution in [0.5, 0.6) is 0 Å². The van der Waals surface area contributed by atoms with Gasteiger partial charge in [0.1, 0.15) is 0 Å². The van der Waals surface area contributed by atoms with Gasteiger partial charge in [-0.25, -0.2) is 4.79 Å². The SMILES string of the molecule is [Ac].[NH-]C(CC1CCC(NC(=O)NC2CCCC(N=C(N)N)C2)CC1)C(=O)O. The molecule has 27 heavy (non-hydrogen) atoms. The van der Waals surface area contributed by atoms with Crippen LogP contribution in [0.4, 0.5) is 4.79 Å². The first-order chi connectivity index (χ1) is 12.3. The van der Waals surface area contributed by atoms with Gasteiger partial charge in [-0.3, -0.25) is 9.79 Å². The Bertz CT molecular complexity index is 521. The molecule has 0 aromatic carbocycles. The minimum Gasteiger partial charge on any atom is -0.665 e. The number of carbonyl (C=O) groups is 2. The van der Waals surface area contributed by atoms with Crippen LogP contribution in [-0.2, 0) is 4.79 Å². The number of carboxylic acids is 1. The Balaban J connectivity index is 0.00000364. The van der Waals surface area contributed by atoms with Gasteiger partial charge in [0.2, 0.25) is 0 Å². The molecule has 2 amide bonds. The molecule has 0 aliphatic heterocycles. The van der Waals surface area contributed by atoms with Crippen LogP contribution in [0.1, 0.15) is 57.8 Å². The van der Waals surface area contributed by atoms with Gasteiger partial charge in [-0.15, -0.1) is 0 Å². The van der Waals surface area contributed by atoms with Crippen molar-refractivity contribution in [2.75, 3.05) is 0 Å². The molecule has 1 radical (unpaired) electrons.